The molecule has 0 atom stereocenters. The van der Waals surface area contributed by atoms with E-state index in [1.165, 1.54) is 17.4 Å². The smallest absolute Gasteiger partial charge is 0.329 e. The van der Waals surface area contributed by atoms with Crippen LogP contribution in [0.2, 0.25) is 5.02 Å². The third-order valence-corrected chi connectivity index (χ3v) is 5.53. The largest absolute Gasteiger partial charge is 0.342 e. The lowest BCUT2D eigenvalue weighted by molar-refractivity contribution is 0.715. The van der Waals surface area contributed by atoms with Crippen molar-refractivity contribution in [3.05, 3.63) is 55.7 Å². The van der Waals surface area contributed by atoms with Crippen LogP contribution >= 0.6 is 11.6 Å². The zero-order chi connectivity index (χ0) is 19.0. The molecule has 0 amide bonds. The van der Waals surface area contributed by atoms with Crippen molar-refractivity contribution in [2.24, 2.45) is 7.05 Å². The molecule has 142 valence electrons. The molecule has 1 aliphatic heterocycles. The highest BCUT2D eigenvalue weighted by Crippen LogP contribution is 2.25. The van der Waals surface area contributed by atoms with Crippen molar-refractivity contribution in [2.45, 2.75) is 32.2 Å². The van der Waals surface area contributed by atoms with Crippen LogP contribution in [0.5, 0.6) is 0 Å². The Morgan fingerprint density at radius 3 is 2.52 bits per heavy atom. The predicted octanol–water partition coefficient (Wildman–Crippen LogP) is 2.51. The second kappa shape index (κ2) is 7.23. The Bertz CT molecular complexity index is 1090. The van der Waals surface area contributed by atoms with Crippen LogP contribution in [0.4, 0.5) is 5.95 Å². The maximum absolute atomic E-state index is 12.6. The number of halogens is 1. The van der Waals surface area contributed by atoms with Crippen LogP contribution in [0.15, 0.2) is 33.9 Å². The van der Waals surface area contributed by atoms with E-state index in [1.807, 2.05) is 28.8 Å². The first kappa shape index (κ1) is 17.9. The topological polar surface area (TPSA) is 75.9 Å². The van der Waals surface area contributed by atoms with Crippen molar-refractivity contribution in [1.29, 1.82) is 0 Å². The molecular weight excluding hydrogens is 366 g/mol. The minimum Gasteiger partial charge on any atom is -0.342 e. The summed E-state index contributed by atoms with van der Waals surface area (Å²) >= 11 is 6.36. The van der Waals surface area contributed by atoms with Gasteiger partial charge in [0.25, 0.3) is 5.56 Å². The van der Waals surface area contributed by atoms with E-state index in [1.54, 1.807) is 7.05 Å². The number of hydrogen-bond donors (Lipinski definition) is 1. The summed E-state index contributed by atoms with van der Waals surface area (Å²) in [5.41, 5.74) is 0.820. The van der Waals surface area contributed by atoms with Gasteiger partial charge in [0.1, 0.15) is 0 Å². The number of nitrogens with one attached hydrogen (secondary N) is 1. The predicted molar refractivity (Wildman–Crippen MR) is 107 cm³/mol. The summed E-state index contributed by atoms with van der Waals surface area (Å²) in [5.74, 6) is 0.721. The molecule has 0 saturated carbocycles. The monoisotopic (exact) mass is 387 g/mol. The third-order valence-electron chi connectivity index (χ3n) is 5.16. The number of hydrogen-bond acceptors (Lipinski definition) is 4. The molecule has 2 aromatic heterocycles. The molecule has 8 heteroatoms. The Morgan fingerprint density at radius 2 is 1.81 bits per heavy atom. The molecule has 4 rings (SSSR count). The zero-order valence-corrected chi connectivity index (χ0v) is 16.0. The van der Waals surface area contributed by atoms with Crippen molar-refractivity contribution in [3.8, 4) is 0 Å². The van der Waals surface area contributed by atoms with Gasteiger partial charge in [-0.25, -0.2) is 4.79 Å². The molecule has 0 bridgehead atoms. The number of anilines is 1. The van der Waals surface area contributed by atoms with Crippen LogP contribution in [0.3, 0.4) is 0 Å². The van der Waals surface area contributed by atoms with Crippen LogP contribution in [0, 0.1) is 0 Å². The molecule has 1 fully saturated rings. The van der Waals surface area contributed by atoms with Crippen LogP contribution < -0.4 is 16.1 Å². The quantitative estimate of drug-likeness (QED) is 0.749. The van der Waals surface area contributed by atoms with Gasteiger partial charge in [-0.3, -0.25) is 18.9 Å². The summed E-state index contributed by atoms with van der Waals surface area (Å²) in [6.07, 6.45) is 4.57. The highest BCUT2D eigenvalue weighted by molar-refractivity contribution is 6.31. The van der Waals surface area contributed by atoms with E-state index < -0.39 is 11.2 Å². The van der Waals surface area contributed by atoms with E-state index in [9.17, 15) is 9.59 Å². The van der Waals surface area contributed by atoms with Crippen molar-refractivity contribution >= 4 is 28.7 Å². The Balaban J connectivity index is 1.94. The average molecular weight is 388 g/mol. The maximum atomic E-state index is 12.6. The van der Waals surface area contributed by atoms with E-state index in [4.69, 9.17) is 16.6 Å². The lowest BCUT2D eigenvalue weighted by Crippen LogP contribution is -2.30. The Kier molecular flexibility index (Phi) is 4.78. The van der Waals surface area contributed by atoms with Crippen molar-refractivity contribution < 1.29 is 0 Å². The van der Waals surface area contributed by atoms with E-state index >= 15 is 0 Å². The average Bonchev–Trinajstić information content (AvgIpc) is 2.83. The van der Waals surface area contributed by atoms with Crippen LogP contribution in [0.25, 0.3) is 11.2 Å². The van der Waals surface area contributed by atoms with Crippen LogP contribution in [-0.2, 0) is 13.6 Å². The molecule has 0 unspecified atom stereocenters. The number of nitrogens with zero attached hydrogens (tertiary/aromatic N) is 4. The molecule has 1 aliphatic rings. The van der Waals surface area contributed by atoms with Gasteiger partial charge in [-0.15, -0.1) is 0 Å². The summed E-state index contributed by atoms with van der Waals surface area (Å²) in [6.45, 7) is 2.19. The van der Waals surface area contributed by atoms with Gasteiger partial charge < -0.3 is 4.90 Å². The Morgan fingerprint density at radius 1 is 1.11 bits per heavy atom. The van der Waals surface area contributed by atoms with Gasteiger partial charge in [0.15, 0.2) is 11.2 Å². The van der Waals surface area contributed by atoms with Gasteiger partial charge in [0.2, 0.25) is 5.95 Å². The number of H-pyrrole nitrogens is 1. The highest BCUT2D eigenvalue weighted by Gasteiger charge is 2.22. The lowest BCUT2D eigenvalue weighted by Gasteiger charge is -2.22. The van der Waals surface area contributed by atoms with Crippen LogP contribution in [0.1, 0.15) is 31.2 Å². The van der Waals surface area contributed by atoms with Gasteiger partial charge >= 0.3 is 5.69 Å². The molecule has 0 aliphatic carbocycles. The molecule has 1 saturated heterocycles. The minimum atomic E-state index is -0.461. The molecule has 0 radical (unpaired) electrons. The molecule has 1 N–H and O–H groups in total. The molecular formula is C19H22ClN5O2. The summed E-state index contributed by atoms with van der Waals surface area (Å²) in [4.78, 5) is 34.0. The van der Waals surface area contributed by atoms with E-state index in [0.29, 0.717) is 22.7 Å². The van der Waals surface area contributed by atoms with E-state index in [2.05, 4.69) is 9.88 Å². The third kappa shape index (κ3) is 3.27. The number of fused-ring (bicyclic) bond motifs is 1. The Hall–Kier alpha value is -2.54. The first-order valence-electron chi connectivity index (χ1n) is 9.24. The van der Waals surface area contributed by atoms with Gasteiger partial charge in [-0.1, -0.05) is 42.6 Å². The molecule has 1 aromatic carbocycles. The number of aromatic nitrogens is 4. The van der Waals surface area contributed by atoms with Crippen molar-refractivity contribution in [1.82, 2.24) is 19.1 Å². The molecule has 3 heterocycles. The van der Waals surface area contributed by atoms with Crippen molar-refractivity contribution in [3.63, 3.8) is 0 Å². The van der Waals surface area contributed by atoms with E-state index in [0.717, 1.165) is 37.4 Å². The lowest BCUT2D eigenvalue weighted by atomic mass is 10.2. The fourth-order valence-corrected chi connectivity index (χ4v) is 3.88. The molecule has 3 aromatic rings. The number of rotatable bonds is 3. The number of benzene rings is 1. The fraction of sp³-hybridized carbons (Fsp3) is 0.421. The summed E-state index contributed by atoms with van der Waals surface area (Å²) < 4.78 is 3.28. The van der Waals surface area contributed by atoms with Gasteiger partial charge in [-0.05, 0) is 24.5 Å². The summed E-state index contributed by atoms with van der Waals surface area (Å²) in [7, 11) is 1.62. The second-order valence-electron chi connectivity index (χ2n) is 6.98. The standard InChI is InChI=1S/C19H22ClN5O2/c1-23-16-15(17(26)22-19(23)27)25(12-13-8-4-5-9-14(13)20)18(21-16)24-10-6-2-3-7-11-24/h4-5,8-9H,2-3,6-7,10-12H2,1H3,(H,22,26,27). The van der Waals surface area contributed by atoms with Crippen LogP contribution in [-0.4, -0.2) is 32.2 Å². The summed E-state index contributed by atoms with van der Waals surface area (Å²) in [6, 6.07) is 7.58. The van der Waals surface area contributed by atoms with Gasteiger partial charge in [0.05, 0.1) is 6.54 Å². The zero-order valence-electron chi connectivity index (χ0n) is 15.2. The Labute approximate surface area is 161 Å². The van der Waals surface area contributed by atoms with Gasteiger partial charge in [0, 0.05) is 25.2 Å². The second-order valence-corrected chi connectivity index (χ2v) is 7.39. The normalized spacial score (nSPS) is 15.3. The molecule has 7 nitrogen and oxygen atoms in total. The highest BCUT2D eigenvalue weighted by atomic mass is 35.5. The van der Waals surface area contributed by atoms with E-state index in [-0.39, 0.29) is 0 Å². The number of aromatic amines is 1. The molecule has 27 heavy (non-hydrogen) atoms. The fourth-order valence-electron chi connectivity index (χ4n) is 3.68. The first-order chi connectivity index (χ1) is 13.1. The first-order valence-corrected chi connectivity index (χ1v) is 9.62. The summed E-state index contributed by atoms with van der Waals surface area (Å²) in [5, 5.41) is 0.641. The van der Waals surface area contributed by atoms with Crippen molar-refractivity contribution in [2.75, 3.05) is 18.0 Å². The number of aryl methyl sites for hydroxylation is 1. The number of imidazole rings is 1. The molecule has 0 spiro atoms. The van der Waals surface area contributed by atoms with Gasteiger partial charge in [-0.2, -0.15) is 4.98 Å². The maximum Gasteiger partial charge on any atom is 0.329 e. The SMILES string of the molecule is Cn1c(=O)[nH]c(=O)c2c1nc(N1CCCCCC1)n2Cc1ccccc1Cl. The minimum absolute atomic E-state index is 0.398.